The third-order valence-electron chi connectivity index (χ3n) is 4.54. The Balaban J connectivity index is 2.36. The van der Waals surface area contributed by atoms with Crippen LogP contribution in [0.15, 0.2) is 0 Å². The third-order valence-corrected chi connectivity index (χ3v) is 4.54. The average molecular weight is 225 g/mol. The summed E-state index contributed by atoms with van der Waals surface area (Å²) < 4.78 is 0. The zero-order valence-corrected chi connectivity index (χ0v) is 11.8. The second kappa shape index (κ2) is 7.32. The number of nitrogens with one attached hydrogen (secondary N) is 1. The van der Waals surface area contributed by atoms with Crippen molar-refractivity contribution >= 4 is 0 Å². The van der Waals surface area contributed by atoms with E-state index in [-0.39, 0.29) is 0 Å². The molecule has 0 radical (unpaired) electrons. The van der Waals surface area contributed by atoms with E-state index in [4.69, 9.17) is 0 Å². The van der Waals surface area contributed by atoms with Crippen molar-refractivity contribution in [3.05, 3.63) is 0 Å². The molecule has 0 aromatic heterocycles. The van der Waals surface area contributed by atoms with Gasteiger partial charge in [-0.05, 0) is 44.1 Å². The highest BCUT2D eigenvalue weighted by Crippen LogP contribution is 2.36. The normalized spacial score (nSPS) is 29.2. The number of hydrogen-bond acceptors (Lipinski definition) is 1. The molecule has 0 amide bonds. The lowest BCUT2D eigenvalue weighted by atomic mass is 9.87. The van der Waals surface area contributed by atoms with Gasteiger partial charge in [0.2, 0.25) is 0 Å². The van der Waals surface area contributed by atoms with Gasteiger partial charge in [-0.2, -0.15) is 0 Å². The van der Waals surface area contributed by atoms with Crippen LogP contribution in [-0.4, -0.2) is 13.1 Å². The van der Waals surface area contributed by atoms with Crippen molar-refractivity contribution in [2.75, 3.05) is 7.05 Å². The lowest BCUT2D eigenvalue weighted by Crippen LogP contribution is -2.34. The molecular weight excluding hydrogens is 194 g/mol. The molecule has 96 valence electrons. The Labute approximate surface area is 102 Å². The molecule has 0 saturated heterocycles. The quantitative estimate of drug-likeness (QED) is 0.684. The van der Waals surface area contributed by atoms with Crippen LogP contribution in [-0.2, 0) is 0 Å². The van der Waals surface area contributed by atoms with Gasteiger partial charge in [0, 0.05) is 6.04 Å². The second-order valence-corrected chi connectivity index (χ2v) is 5.87. The monoisotopic (exact) mass is 225 g/mol. The van der Waals surface area contributed by atoms with Crippen LogP contribution in [0.3, 0.4) is 0 Å². The molecule has 1 saturated carbocycles. The van der Waals surface area contributed by atoms with E-state index in [1.165, 1.54) is 44.9 Å². The van der Waals surface area contributed by atoms with Gasteiger partial charge in [0.15, 0.2) is 0 Å². The predicted octanol–water partition coefficient (Wildman–Crippen LogP) is 4.23. The first-order valence-electron chi connectivity index (χ1n) is 7.38. The highest BCUT2D eigenvalue weighted by atomic mass is 14.9. The van der Waals surface area contributed by atoms with E-state index in [1.54, 1.807) is 0 Å². The summed E-state index contributed by atoms with van der Waals surface area (Å²) in [5, 5.41) is 3.58. The summed E-state index contributed by atoms with van der Waals surface area (Å²) in [6.45, 7) is 7.06. The van der Waals surface area contributed by atoms with E-state index < -0.39 is 0 Å². The molecule has 1 rings (SSSR count). The summed E-state index contributed by atoms with van der Waals surface area (Å²) >= 11 is 0. The lowest BCUT2D eigenvalue weighted by Gasteiger charge is -2.26. The number of rotatable bonds is 7. The summed E-state index contributed by atoms with van der Waals surface area (Å²) in [6, 6.07) is 0.776. The molecule has 1 fully saturated rings. The molecule has 1 nitrogen and oxygen atoms in total. The summed E-state index contributed by atoms with van der Waals surface area (Å²) in [6.07, 6.45) is 9.90. The largest absolute Gasteiger partial charge is 0.317 e. The summed E-state index contributed by atoms with van der Waals surface area (Å²) in [4.78, 5) is 0. The van der Waals surface area contributed by atoms with Gasteiger partial charge in [0.05, 0.1) is 0 Å². The molecule has 0 aromatic rings. The molecule has 0 bridgehead atoms. The van der Waals surface area contributed by atoms with Gasteiger partial charge >= 0.3 is 0 Å². The smallest absolute Gasteiger partial charge is 0.00949 e. The lowest BCUT2D eigenvalue weighted by molar-refractivity contribution is 0.300. The van der Waals surface area contributed by atoms with Gasteiger partial charge in [-0.3, -0.25) is 0 Å². The molecule has 4 atom stereocenters. The van der Waals surface area contributed by atoms with Gasteiger partial charge < -0.3 is 5.32 Å². The van der Waals surface area contributed by atoms with Crippen molar-refractivity contribution in [1.29, 1.82) is 0 Å². The molecule has 1 aliphatic rings. The Morgan fingerprint density at radius 2 is 2.00 bits per heavy atom. The van der Waals surface area contributed by atoms with Crippen molar-refractivity contribution in [2.24, 2.45) is 17.8 Å². The van der Waals surface area contributed by atoms with E-state index >= 15 is 0 Å². The minimum absolute atomic E-state index is 0.776. The fraction of sp³-hybridized carbons (Fsp3) is 1.00. The molecule has 0 heterocycles. The maximum atomic E-state index is 3.58. The second-order valence-electron chi connectivity index (χ2n) is 5.87. The molecule has 0 spiro atoms. The van der Waals surface area contributed by atoms with Crippen LogP contribution in [0.25, 0.3) is 0 Å². The highest BCUT2D eigenvalue weighted by Gasteiger charge is 2.29. The van der Waals surface area contributed by atoms with Gasteiger partial charge in [-0.1, -0.05) is 46.5 Å². The van der Waals surface area contributed by atoms with Crippen molar-refractivity contribution in [3.8, 4) is 0 Å². The maximum Gasteiger partial charge on any atom is 0.00949 e. The standard InChI is InChI=1S/C15H31N/c1-5-7-12(3)10-15(16-4)14-9-8-13(6-2)11-14/h12-16H,5-11H2,1-4H3. The van der Waals surface area contributed by atoms with Crippen molar-refractivity contribution < 1.29 is 0 Å². The Hall–Kier alpha value is -0.0400. The van der Waals surface area contributed by atoms with Gasteiger partial charge in [-0.25, -0.2) is 0 Å². The molecular formula is C15H31N. The Morgan fingerprint density at radius 1 is 1.25 bits per heavy atom. The first-order valence-corrected chi connectivity index (χ1v) is 7.38. The van der Waals surface area contributed by atoms with Crippen molar-refractivity contribution in [2.45, 2.75) is 71.8 Å². The van der Waals surface area contributed by atoms with Crippen LogP contribution in [0, 0.1) is 17.8 Å². The third kappa shape index (κ3) is 4.08. The van der Waals surface area contributed by atoms with Gasteiger partial charge in [-0.15, -0.1) is 0 Å². The van der Waals surface area contributed by atoms with Gasteiger partial charge in [0.25, 0.3) is 0 Å². The fourth-order valence-electron chi connectivity index (χ4n) is 3.44. The molecule has 4 unspecified atom stereocenters. The van der Waals surface area contributed by atoms with Crippen LogP contribution in [0.2, 0.25) is 0 Å². The Morgan fingerprint density at radius 3 is 2.50 bits per heavy atom. The molecule has 1 aliphatic carbocycles. The minimum atomic E-state index is 0.776. The Kier molecular flexibility index (Phi) is 6.41. The van der Waals surface area contributed by atoms with E-state index in [1.807, 2.05) is 0 Å². The van der Waals surface area contributed by atoms with Gasteiger partial charge in [0.1, 0.15) is 0 Å². The fourth-order valence-corrected chi connectivity index (χ4v) is 3.44. The van der Waals surface area contributed by atoms with Crippen LogP contribution in [0.4, 0.5) is 0 Å². The molecule has 0 aromatic carbocycles. The maximum absolute atomic E-state index is 3.58. The number of hydrogen-bond donors (Lipinski definition) is 1. The molecule has 1 heteroatoms. The zero-order chi connectivity index (χ0) is 12.0. The average Bonchev–Trinajstić information content (AvgIpc) is 2.74. The zero-order valence-electron chi connectivity index (χ0n) is 11.8. The summed E-state index contributed by atoms with van der Waals surface area (Å²) in [5.74, 6) is 2.86. The van der Waals surface area contributed by atoms with E-state index in [2.05, 4.69) is 33.1 Å². The van der Waals surface area contributed by atoms with Crippen LogP contribution < -0.4 is 5.32 Å². The highest BCUT2D eigenvalue weighted by molar-refractivity contribution is 4.84. The van der Waals surface area contributed by atoms with Crippen LogP contribution in [0.5, 0.6) is 0 Å². The summed E-state index contributed by atoms with van der Waals surface area (Å²) in [5.41, 5.74) is 0. The first kappa shape index (κ1) is 14.0. The minimum Gasteiger partial charge on any atom is -0.317 e. The van der Waals surface area contributed by atoms with E-state index in [9.17, 15) is 0 Å². The van der Waals surface area contributed by atoms with Crippen molar-refractivity contribution in [3.63, 3.8) is 0 Å². The summed E-state index contributed by atoms with van der Waals surface area (Å²) in [7, 11) is 2.16. The molecule has 0 aliphatic heterocycles. The van der Waals surface area contributed by atoms with Crippen molar-refractivity contribution in [1.82, 2.24) is 5.32 Å². The SMILES string of the molecule is CCCC(C)CC(NC)C1CCC(CC)C1. The van der Waals surface area contributed by atoms with Crippen LogP contribution >= 0.6 is 0 Å². The molecule has 1 N–H and O–H groups in total. The molecule has 16 heavy (non-hydrogen) atoms. The predicted molar refractivity (Wildman–Crippen MR) is 72.7 cm³/mol. The van der Waals surface area contributed by atoms with E-state index in [0.717, 1.165) is 23.8 Å². The first-order chi connectivity index (χ1) is 7.71. The topological polar surface area (TPSA) is 12.0 Å². The van der Waals surface area contributed by atoms with Crippen LogP contribution in [0.1, 0.15) is 65.7 Å². The van der Waals surface area contributed by atoms with E-state index in [0.29, 0.717) is 0 Å². The Bertz CT molecular complexity index is 178.